The highest BCUT2D eigenvalue weighted by molar-refractivity contribution is 5.79. The van der Waals surface area contributed by atoms with E-state index in [-0.39, 0.29) is 11.5 Å². The van der Waals surface area contributed by atoms with Gasteiger partial charge in [-0.2, -0.15) is 13.2 Å². The number of nitrogens with one attached hydrogen (secondary N) is 2. The van der Waals surface area contributed by atoms with Gasteiger partial charge < -0.3 is 25.0 Å². The van der Waals surface area contributed by atoms with E-state index in [0.29, 0.717) is 12.5 Å². The van der Waals surface area contributed by atoms with Crippen molar-refractivity contribution >= 4 is 5.96 Å². The number of methoxy groups -OCH3 is 1. The molecule has 9 heteroatoms. The van der Waals surface area contributed by atoms with Crippen LogP contribution in [-0.4, -0.2) is 64.0 Å². The molecule has 0 aromatic heterocycles. The van der Waals surface area contributed by atoms with Crippen LogP contribution in [0.15, 0.2) is 23.2 Å². The van der Waals surface area contributed by atoms with Gasteiger partial charge in [-0.25, -0.2) is 0 Å². The highest BCUT2D eigenvalue weighted by Crippen LogP contribution is 2.29. The molecular weight excluding hydrogens is 373 g/mol. The number of aliphatic imine (C=N–C) groups is 1. The van der Waals surface area contributed by atoms with E-state index in [1.54, 1.807) is 19.2 Å². The van der Waals surface area contributed by atoms with Crippen molar-refractivity contribution in [2.75, 3.05) is 46.9 Å². The summed E-state index contributed by atoms with van der Waals surface area (Å²) < 4.78 is 46.9. The average molecular weight is 402 g/mol. The molecule has 0 aliphatic carbocycles. The normalized spacial score (nSPS) is 16.0. The van der Waals surface area contributed by atoms with Crippen molar-refractivity contribution in [2.24, 2.45) is 4.99 Å². The summed E-state index contributed by atoms with van der Waals surface area (Å²) in [6.07, 6.45) is -0.552. The Balaban J connectivity index is 1.81. The molecule has 0 saturated carbocycles. The van der Waals surface area contributed by atoms with Crippen LogP contribution >= 0.6 is 0 Å². The molecule has 2 rings (SSSR count). The minimum absolute atomic E-state index is 0.0626. The highest BCUT2D eigenvalue weighted by Gasteiger charge is 2.29. The molecule has 1 aromatic rings. The molecule has 0 amide bonds. The second-order valence-electron chi connectivity index (χ2n) is 6.64. The van der Waals surface area contributed by atoms with Crippen molar-refractivity contribution in [1.82, 2.24) is 15.5 Å². The van der Waals surface area contributed by atoms with Crippen LogP contribution in [0.3, 0.4) is 0 Å². The summed E-state index contributed by atoms with van der Waals surface area (Å²) >= 11 is 0. The summed E-state index contributed by atoms with van der Waals surface area (Å²) in [6.45, 7) is 3.17. The number of ether oxygens (including phenoxy) is 2. The molecule has 0 radical (unpaired) electrons. The maximum atomic E-state index is 12.3. The molecule has 0 atom stereocenters. The van der Waals surface area contributed by atoms with Gasteiger partial charge in [0.2, 0.25) is 0 Å². The van der Waals surface area contributed by atoms with Crippen molar-refractivity contribution in [3.05, 3.63) is 23.8 Å². The van der Waals surface area contributed by atoms with Crippen LogP contribution in [0.2, 0.25) is 0 Å². The minimum atomic E-state index is -4.39. The zero-order valence-corrected chi connectivity index (χ0v) is 16.4. The van der Waals surface area contributed by atoms with Crippen LogP contribution in [-0.2, 0) is 6.54 Å². The first-order valence-corrected chi connectivity index (χ1v) is 9.44. The Morgan fingerprint density at radius 3 is 2.54 bits per heavy atom. The van der Waals surface area contributed by atoms with E-state index in [1.165, 1.54) is 32.4 Å². The fourth-order valence-corrected chi connectivity index (χ4v) is 3.02. The van der Waals surface area contributed by atoms with Crippen molar-refractivity contribution in [2.45, 2.75) is 32.0 Å². The molecule has 28 heavy (non-hydrogen) atoms. The van der Waals surface area contributed by atoms with Crippen molar-refractivity contribution in [3.8, 4) is 11.5 Å². The van der Waals surface area contributed by atoms with Crippen molar-refractivity contribution in [1.29, 1.82) is 0 Å². The SMILES string of the molecule is CN=C(NCCN1CCCCC1)NCc1ccc(OCC(F)(F)F)c(OC)c1. The largest absolute Gasteiger partial charge is 0.493 e. The molecule has 0 spiro atoms. The van der Waals surface area contributed by atoms with Gasteiger partial charge in [-0.1, -0.05) is 12.5 Å². The van der Waals surface area contributed by atoms with E-state index in [2.05, 4.69) is 20.5 Å². The Hall–Kier alpha value is -2.16. The third-order valence-corrected chi connectivity index (χ3v) is 4.47. The van der Waals surface area contributed by atoms with Gasteiger partial charge in [0.25, 0.3) is 0 Å². The number of rotatable bonds is 8. The number of piperidine rings is 1. The van der Waals surface area contributed by atoms with Gasteiger partial charge in [0, 0.05) is 26.7 Å². The molecule has 1 saturated heterocycles. The molecular formula is C19H29F3N4O2. The van der Waals surface area contributed by atoms with Gasteiger partial charge in [-0.05, 0) is 43.6 Å². The Labute approximate surface area is 164 Å². The maximum Gasteiger partial charge on any atom is 0.422 e. The Morgan fingerprint density at radius 2 is 1.89 bits per heavy atom. The lowest BCUT2D eigenvalue weighted by atomic mass is 10.1. The van der Waals surface area contributed by atoms with Crippen molar-refractivity contribution < 1.29 is 22.6 Å². The second-order valence-corrected chi connectivity index (χ2v) is 6.64. The van der Waals surface area contributed by atoms with Crippen molar-refractivity contribution in [3.63, 3.8) is 0 Å². The number of nitrogens with zero attached hydrogens (tertiary/aromatic N) is 2. The summed E-state index contributed by atoms with van der Waals surface area (Å²) in [6, 6.07) is 4.83. The lowest BCUT2D eigenvalue weighted by Crippen LogP contribution is -2.42. The molecule has 1 aliphatic rings. The van der Waals surface area contributed by atoms with Gasteiger partial charge in [0.05, 0.1) is 7.11 Å². The zero-order chi connectivity index (χ0) is 20.4. The molecule has 0 bridgehead atoms. The fraction of sp³-hybridized carbons (Fsp3) is 0.632. The summed E-state index contributed by atoms with van der Waals surface area (Å²) in [5.41, 5.74) is 0.843. The Bertz CT molecular complexity index is 632. The predicted molar refractivity (Wildman–Crippen MR) is 103 cm³/mol. The number of likely N-dealkylation sites (tertiary alicyclic amines) is 1. The molecule has 2 N–H and O–H groups in total. The number of guanidine groups is 1. The van der Waals surface area contributed by atoms with Crippen LogP contribution < -0.4 is 20.1 Å². The van der Waals surface area contributed by atoms with Crippen LogP contribution in [0.5, 0.6) is 11.5 Å². The van der Waals surface area contributed by atoms with E-state index in [1.807, 2.05) is 0 Å². The first-order chi connectivity index (χ1) is 13.4. The zero-order valence-electron chi connectivity index (χ0n) is 16.4. The first-order valence-electron chi connectivity index (χ1n) is 9.44. The lowest BCUT2D eigenvalue weighted by Gasteiger charge is -2.26. The van der Waals surface area contributed by atoms with E-state index in [4.69, 9.17) is 9.47 Å². The number of alkyl halides is 3. The van der Waals surface area contributed by atoms with E-state index < -0.39 is 12.8 Å². The van der Waals surface area contributed by atoms with Gasteiger partial charge in [0.1, 0.15) is 0 Å². The Kier molecular flexibility index (Phi) is 8.69. The van der Waals surface area contributed by atoms with Crippen LogP contribution in [0.4, 0.5) is 13.2 Å². The fourth-order valence-electron chi connectivity index (χ4n) is 3.02. The topological polar surface area (TPSA) is 58.1 Å². The molecule has 1 aliphatic heterocycles. The maximum absolute atomic E-state index is 12.3. The lowest BCUT2D eigenvalue weighted by molar-refractivity contribution is -0.153. The summed E-state index contributed by atoms with van der Waals surface area (Å²) in [7, 11) is 3.10. The third-order valence-electron chi connectivity index (χ3n) is 4.47. The number of benzene rings is 1. The highest BCUT2D eigenvalue weighted by atomic mass is 19.4. The number of hydrogen-bond donors (Lipinski definition) is 2. The minimum Gasteiger partial charge on any atom is -0.493 e. The van der Waals surface area contributed by atoms with Gasteiger partial charge in [0.15, 0.2) is 24.1 Å². The summed E-state index contributed by atoms with van der Waals surface area (Å²) in [5, 5.41) is 6.47. The summed E-state index contributed by atoms with van der Waals surface area (Å²) in [5.74, 6) is 0.998. The monoisotopic (exact) mass is 402 g/mol. The average Bonchev–Trinajstić information content (AvgIpc) is 2.69. The molecule has 6 nitrogen and oxygen atoms in total. The molecule has 1 fully saturated rings. The second kappa shape index (κ2) is 11.0. The molecule has 0 unspecified atom stereocenters. The Morgan fingerprint density at radius 1 is 1.14 bits per heavy atom. The van der Waals surface area contributed by atoms with Crippen LogP contribution in [0.1, 0.15) is 24.8 Å². The van der Waals surface area contributed by atoms with E-state index in [9.17, 15) is 13.2 Å². The predicted octanol–water partition coefficient (Wildman–Crippen LogP) is 2.79. The van der Waals surface area contributed by atoms with Crippen LogP contribution in [0.25, 0.3) is 0 Å². The van der Waals surface area contributed by atoms with Crippen LogP contribution in [0, 0.1) is 0 Å². The quantitative estimate of drug-likeness (QED) is 0.517. The third kappa shape index (κ3) is 7.84. The number of hydrogen-bond acceptors (Lipinski definition) is 4. The molecule has 158 valence electrons. The standard InChI is InChI=1S/C19H29F3N4O2/c1-23-18(24-8-11-26-9-4-3-5-10-26)25-13-15-6-7-16(17(12-15)27-2)28-14-19(20,21)22/h6-7,12H,3-5,8-11,13-14H2,1-2H3,(H2,23,24,25). The smallest absolute Gasteiger partial charge is 0.422 e. The van der Waals surface area contributed by atoms with Gasteiger partial charge in [-0.15, -0.1) is 0 Å². The van der Waals surface area contributed by atoms with E-state index in [0.717, 1.165) is 31.7 Å². The van der Waals surface area contributed by atoms with Gasteiger partial charge >= 0.3 is 6.18 Å². The van der Waals surface area contributed by atoms with E-state index >= 15 is 0 Å². The first kappa shape index (κ1) is 22.1. The summed E-state index contributed by atoms with van der Waals surface area (Å²) in [4.78, 5) is 6.64. The van der Waals surface area contributed by atoms with Gasteiger partial charge in [-0.3, -0.25) is 4.99 Å². The number of halogens is 3. The molecule has 1 heterocycles. The molecule has 1 aromatic carbocycles.